The molecule has 6 nitrogen and oxygen atoms in total. The second-order valence-electron chi connectivity index (χ2n) is 3.43. The molecule has 0 unspecified atom stereocenters. The average Bonchev–Trinajstić information content (AvgIpc) is 2.86. The van der Waals surface area contributed by atoms with Crippen LogP contribution in [0, 0.1) is 6.92 Å². The maximum absolute atomic E-state index is 8.79. The summed E-state index contributed by atoms with van der Waals surface area (Å²) in [7, 11) is 0. The highest BCUT2D eigenvalue weighted by Gasteiger charge is 2.13. The fourth-order valence-electron chi connectivity index (χ4n) is 1.26. The molecule has 3 N–H and O–H groups in total. The summed E-state index contributed by atoms with van der Waals surface area (Å²) in [4.78, 5) is 4.40. The van der Waals surface area contributed by atoms with Crippen LogP contribution in [0.5, 0.6) is 0 Å². The molecule has 0 fully saturated rings. The molecule has 0 radical (unpaired) electrons. The van der Waals surface area contributed by atoms with Gasteiger partial charge in [-0.05, 0) is 37.1 Å². The number of nitrogens with zero attached hydrogens (tertiary/aromatic N) is 4. The van der Waals surface area contributed by atoms with E-state index in [1.54, 1.807) is 17.8 Å². The minimum absolute atomic E-state index is 0.0320. The van der Waals surface area contributed by atoms with E-state index >= 15 is 0 Å². The van der Waals surface area contributed by atoms with Gasteiger partial charge in [0.15, 0.2) is 14.5 Å². The van der Waals surface area contributed by atoms with Crippen molar-refractivity contribution in [2.24, 2.45) is 10.9 Å². The van der Waals surface area contributed by atoms with Crippen molar-refractivity contribution >= 4 is 40.7 Å². The summed E-state index contributed by atoms with van der Waals surface area (Å²) < 4.78 is 1.66. The van der Waals surface area contributed by atoms with Crippen molar-refractivity contribution in [1.82, 2.24) is 15.2 Å². The Morgan fingerprint density at radius 2 is 2.11 bits per heavy atom. The van der Waals surface area contributed by atoms with Crippen molar-refractivity contribution in [2.45, 2.75) is 20.6 Å². The van der Waals surface area contributed by atoms with E-state index in [4.69, 9.17) is 10.9 Å². The standard InChI is InChI=1S/C10H11N5OS3/c1-5-3-4-6(7(11)15-16)8(12-5)18-10-14-13-9(17-2)19-10/h3-4,16H,1-2H3,(H2,11,15). The Kier molecular flexibility index (Phi) is 4.61. The zero-order valence-corrected chi connectivity index (χ0v) is 12.6. The van der Waals surface area contributed by atoms with Gasteiger partial charge in [-0.3, -0.25) is 0 Å². The van der Waals surface area contributed by atoms with Crippen molar-refractivity contribution in [3.63, 3.8) is 0 Å². The van der Waals surface area contributed by atoms with Crippen molar-refractivity contribution in [2.75, 3.05) is 6.26 Å². The van der Waals surface area contributed by atoms with Gasteiger partial charge in [0.2, 0.25) is 0 Å². The Hall–Kier alpha value is -1.32. The second-order valence-corrected chi connectivity index (χ2v) is 6.70. The molecule has 2 heterocycles. The third-order valence-electron chi connectivity index (χ3n) is 2.13. The minimum atomic E-state index is 0.0320. The predicted octanol–water partition coefficient (Wildman–Crippen LogP) is 2.21. The highest BCUT2D eigenvalue weighted by atomic mass is 32.2. The molecule has 0 aliphatic carbocycles. The van der Waals surface area contributed by atoms with Gasteiger partial charge >= 0.3 is 0 Å². The van der Waals surface area contributed by atoms with Crippen LogP contribution in [-0.2, 0) is 0 Å². The van der Waals surface area contributed by atoms with Crippen molar-refractivity contribution in [1.29, 1.82) is 0 Å². The van der Waals surface area contributed by atoms with Gasteiger partial charge in [-0.1, -0.05) is 28.3 Å². The number of hydrogen-bond donors (Lipinski definition) is 2. The summed E-state index contributed by atoms with van der Waals surface area (Å²) in [6.45, 7) is 1.88. The first-order valence-corrected chi connectivity index (χ1v) is 8.00. The van der Waals surface area contributed by atoms with E-state index in [2.05, 4.69) is 20.3 Å². The number of amidine groups is 1. The topological polar surface area (TPSA) is 97.3 Å². The van der Waals surface area contributed by atoms with Crippen LogP contribution in [0.25, 0.3) is 0 Å². The van der Waals surface area contributed by atoms with E-state index in [1.807, 2.05) is 19.2 Å². The van der Waals surface area contributed by atoms with Gasteiger partial charge in [0.25, 0.3) is 0 Å². The number of aryl methyl sites for hydroxylation is 1. The first-order chi connectivity index (χ1) is 9.13. The molecule has 2 aromatic rings. The van der Waals surface area contributed by atoms with Gasteiger partial charge in [-0.15, -0.1) is 10.2 Å². The van der Waals surface area contributed by atoms with Crippen molar-refractivity contribution < 1.29 is 5.21 Å². The van der Waals surface area contributed by atoms with E-state index in [-0.39, 0.29) is 5.84 Å². The van der Waals surface area contributed by atoms with E-state index in [0.717, 1.165) is 14.4 Å². The number of aromatic nitrogens is 3. The summed E-state index contributed by atoms with van der Waals surface area (Å²) in [5, 5.41) is 20.5. The molecular weight excluding hydrogens is 302 g/mol. The number of oxime groups is 1. The summed E-state index contributed by atoms with van der Waals surface area (Å²) in [5.74, 6) is 0.0320. The van der Waals surface area contributed by atoms with Crippen LogP contribution >= 0.6 is 34.9 Å². The Morgan fingerprint density at radius 1 is 1.37 bits per heavy atom. The van der Waals surface area contributed by atoms with E-state index < -0.39 is 0 Å². The summed E-state index contributed by atoms with van der Waals surface area (Å²) >= 11 is 4.38. The Bertz CT molecular complexity index is 613. The van der Waals surface area contributed by atoms with Crippen molar-refractivity contribution in [3.05, 3.63) is 23.4 Å². The number of rotatable bonds is 4. The normalized spacial score (nSPS) is 11.8. The Balaban J connectivity index is 2.35. The predicted molar refractivity (Wildman–Crippen MR) is 77.3 cm³/mol. The fraction of sp³-hybridized carbons (Fsp3) is 0.200. The lowest BCUT2D eigenvalue weighted by atomic mass is 10.2. The van der Waals surface area contributed by atoms with E-state index in [1.165, 1.54) is 23.1 Å². The largest absolute Gasteiger partial charge is 0.409 e. The second kappa shape index (κ2) is 6.22. The minimum Gasteiger partial charge on any atom is -0.409 e. The molecule has 100 valence electrons. The highest BCUT2D eigenvalue weighted by Crippen LogP contribution is 2.33. The van der Waals surface area contributed by atoms with Crippen LogP contribution in [0.2, 0.25) is 0 Å². The molecular formula is C10H11N5OS3. The van der Waals surface area contributed by atoms with Crippen LogP contribution in [0.15, 0.2) is 31.0 Å². The number of thioether (sulfide) groups is 1. The van der Waals surface area contributed by atoms with E-state index in [0.29, 0.717) is 10.6 Å². The van der Waals surface area contributed by atoms with Gasteiger partial charge in [0, 0.05) is 5.69 Å². The zero-order chi connectivity index (χ0) is 13.8. The smallest absolute Gasteiger partial charge is 0.181 e. The molecule has 2 aromatic heterocycles. The average molecular weight is 313 g/mol. The summed E-state index contributed by atoms with van der Waals surface area (Å²) in [6.07, 6.45) is 1.95. The molecule has 0 bridgehead atoms. The number of nitrogens with two attached hydrogens (primary N) is 1. The van der Waals surface area contributed by atoms with Crippen LogP contribution < -0.4 is 5.73 Å². The molecule has 0 aliphatic heterocycles. The molecule has 0 saturated heterocycles. The van der Waals surface area contributed by atoms with Gasteiger partial charge in [-0.2, -0.15) is 0 Å². The molecule has 0 atom stereocenters. The molecule has 9 heteroatoms. The van der Waals surface area contributed by atoms with Gasteiger partial charge in [0.05, 0.1) is 5.56 Å². The number of hydrogen-bond acceptors (Lipinski definition) is 8. The summed E-state index contributed by atoms with van der Waals surface area (Å²) in [5.41, 5.74) is 7.08. The fourth-order valence-corrected chi connectivity index (χ4v) is 3.79. The Labute approximate surface area is 122 Å². The SMILES string of the molecule is CSc1nnc(Sc2nc(C)ccc2/C(N)=N/O)s1. The lowest BCUT2D eigenvalue weighted by Gasteiger charge is -2.05. The van der Waals surface area contributed by atoms with Gasteiger partial charge in [0.1, 0.15) is 5.03 Å². The molecule has 0 spiro atoms. The van der Waals surface area contributed by atoms with Gasteiger partial charge < -0.3 is 10.9 Å². The molecule has 0 aliphatic rings. The first kappa shape index (κ1) is 14.1. The van der Waals surface area contributed by atoms with E-state index in [9.17, 15) is 0 Å². The van der Waals surface area contributed by atoms with Crippen LogP contribution in [-0.4, -0.2) is 32.5 Å². The molecule has 0 saturated carbocycles. The van der Waals surface area contributed by atoms with Crippen LogP contribution in [0.1, 0.15) is 11.3 Å². The summed E-state index contributed by atoms with van der Waals surface area (Å²) in [6, 6.07) is 3.58. The van der Waals surface area contributed by atoms with Crippen molar-refractivity contribution in [3.8, 4) is 0 Å². The number of pyridine rings is 1. The van der Waals surface area contributed by atoms with Gasteiger partial charge in [-0.25, -0.2) is 4.98 Å². The molecule has 2 rings (SSSR count). The highest BCUT2D eigenvalue weighted by molar-refractivity contribution is 8.03. The third-order valence-corrected chi connectivity index (χ3v) is 5.08. The molecule has 19 heavy (non-hydrogen) atoms. The monoisotopic (exact) mass is 313 g/mol. The lowest BCUT2D eigenvalue weighted by molar-refractivity contribution is 0.318. The first-order valence-electron chi connectivity index (χ1n) is 5.15. The maximum Gasteiger partial charge on any atom is 0.181 e. The zero-order valence-electron chi connectivity index (χ0n) is 10.2. The molecule has 0 aromatic carbocycles. The van der Waals surface area contributed by atoms with Crippen LogP contribution in [0.4, 0.5) is 0 Å². The lowest BCUT2D eigenvalue weighted by Crippen LogP contribution is -2.15. The third kappa shape index (κ3) is 3.37. The Morgan fingerprint density at radius 3 is 2.74 bits per heavy atom. The quantitative estimate of drug-likeness (QED) is 0.293. The van der Waals surface area contributed by atoms with Crippen LogP contribution in [0.3, 0.4) is 0 Å². The maximum atomic E-state index is 8.79. The molecule has 0 amide bonds.